The molecule has 0 radical (unpaired) electrons. The van der Waals surface area contributed by atoms with Crippen LogP contribution in [0.15, 0.2) is 43.7 Å². The van der Waals surface area contributed by atoms with Crippen LogP contribution in [0.5, 0.6) is 5.75 Å². The molecule has 0 unspecified atom stereocenters. The second kappa shape index (κ2) is 6.89. The van der Waals surface area contributed by atoms with E-state index in [9.17, 15) is 19.1 Å². The number of halogens is 4. The molecule has 0 spiro atoms. The Morgan fingerprint density at radius 3 is 2.36 bits per heavy atom. The first-order valence-corrected chi connectivity index (χ1v) is 8.05. The van der Waals surface area contributed by atoms with Gasteiger partial charge in [0.2, 0.25) is 0 Å². The largest absolute Gasteiger partial charge is 0.545 e. The van der Waals surface area contributed by atoms with Crippen LogP contribution in [0.3, 0.4) is 0 Å². The number of carbonyl (C=O) groups excluding carboxylic acids is 2. The van der Waals surface area contributed by atoms with E-state index in [1.165, 1.54) is 6.07 Å². The number of esters is 1. The molecule has 2 aromatic rings. The number of hydrogen-bond donors (Lipinski definition) is 0. The van der Waals surface area contributed by atoms with Crippen molar-refractivity contribution in [3.63, 3.8) is 0 Å². The van der Waals surface area contributed by atoms with Gasteiger partial charge in [-0.3, -0.25) is 0 Å². The second-order valence-corrected chi connectivity index (χ2v) is 6.63. The van der Waals surface area contributed by atoms with Crippen LogP contribution >= 0.6 is 47.8 Å². The lowest BCUT2D eigenvalue weighted by molar-refractivity contribution is -0.255. The van der Waals surface area contributed by atoms with E-state index >= 15 is 0 Å². The molecule has 0 aliphatic carbocycles. The third-order valence-electron chi connectivity index (χ3n) is 2.58. The number of carbonyl (C=O) groups is 2. The molecule has 0 N–H and O–H groups in total. The molecule has 8 heteroatoms. The number of aromatic carboxylic acids is 1. The highest BCUT2D eigenvalue weighted by Crippen LogP contribution is 2.31. The summed E-state index contributed by atoms with van der Waals surface area (Å²) >= 11 is 9.72. The molecule has 0 atom stereocenters. The van der Waals surface area contributed by atoms with Crippen LogP contribution in [0, 0.1) is 5.82 Å². The van der Waals surface area contributed by atoms with Gasteiger partial charge in [0.15, 0.2) is 11.6 Å². The van der Waals surface area contributed by atoms with Crippen LogP contribution in [0.4, 0.5) is 4.39 Å². The summed E-state index contributed by atoms with van der Waals surface area (Å²) in [5.41, 5.74) is -0.173. The van der Waals surface area contributed by atoms with E-state index < -0.39 is 17.8 Å². The van der Waals surface area contributed by atoms with Crippen LogP contribution in [0.2, 0.25) is 0 Å². The van der Waals surface area contributed by atoms with Crippen molar-refractivity contribution in [3.05, 3.63) is 60.7 Å². The Bertz CT molecular complexity index is 777. The first kappa shape index (κ1) is 17.1. The number of benzene rings is 2. The fraction of sp³-hybridized carbons (Fsp3) is 0. The van der Waals surface area contributed by atoms with E-state index in [0.29, 0.717) is 13.4 Å². The summed E-state index contributed by atoms with van der Waals surface area (Å²) in [6.45, 7) is 0. The van der Waals surface area contributed by atoms with E-state index in [2.05, 4.69) is 47.8 Å². The maximum atomic E-state index is 13.7. The Kier molecular flexibility index (Phi) is 5.36. The van der Waals surface area contributed by atoms with E-state index in [-0.39, 0.29) is 16.9 Å². The molecule has 4 nitrogen and oxygen atoms in total. The molecule has 2 aromatic carbocycles. The Morgan fingerprint density at radius 2 is 1.77 bits per heavy atom. The Morgan fingerprint density at radius 1 is 1.09 bits per heavy atom. The summed E-state index contributed by atoms with van der Waals surface area (Å²) in [6.07, 6.45) is 0. The zero-order chi connectivity index (χ0) is 16.4. The van der Waals surface area contributed by atoms with E-state index in [0.717, 1.165) is 18.2 Å². The first-order chi connectivity index (χ1) is 10.3. The van der Waals surface area contributed by atoms with Gasteiger partial charge in [0.05, 0.1) is 11.5 Å². The van der Waals surface area contributed by atoms with Crippen molar-refractivity contribution in [2.24, 2.45) is 0 Å². The van der Waals surface area contributed by atoms with Gasteiger partial charge in [-0.25, -0.2) is 9.18 Å². The average Bonchev–Trinajstić information content (AvgIpc) is 2.44. The number of ether oxygens (including phenoxy) is 1. The molecule has 0 aliphatic rings. The summed E-state index contributed by atoms with van der Waals surface area (Å²) in [5.74, 6) is -3.66. The molecule has 22 heavy (non-hydrogen) atoms. The zero-order valence-electron chi connectivity index (χ0n) is 10.5. The maximum absolute atomic E-state index is 13.7. The van der Waals surface area contributed by atoms with E-state index in [1.54, 1.807) is 6.07 Å². The van der Waals surface area contributed by atoms with Crippen molar-refractivity contribution in [3.8, 4) is 5.75 Å². The third-order valence-corrected chi connectivity index (χ3v) is 5.05. The van der Waals surface area contributed by atoms with Gasteiger partial charge < -0.3 is 14.6 Å². The summed E-state index contributed by atoms with van der Waals surface area (Å²) in [7, 11) is 0. The SMILES string of the molecule is O=C([O-])c1ccc(OC(=O)c2cc(Br)cc(Br)c2Br)c(F)c1. The maximum Gasteiger partial charge on any atom is 0.344 e. The van der Waals surface area contributed by atoms with Gasteiger partial charge in [0, 0.05) is 19.0 Å². The van der Waals surface area contributed by atoms with Crippen molar-refractivity contribution in [2.75, 3.05) is 0 Å². The summed E-state index contributed by atoms with van der Waals surface area (Å²) < 4.78 is 20.4. The minimum absolute atomic E-state index is 0.171. The second-order valence-electron chi connectivity index (χ2n) is 4.07. The smallest absolute Gasteiger partial charge is 0.344 e. The van der Waals surface area contributed by atoms with Gasteiger partial charge in [0.25, 0.3) is 0 Å². The fourth-order valence-electron chi connectivity index (χ4n) is 1.57. The first-order valence-electron chi connectivity index (χ1n) is 5.67. The number of carboxylic acid groups (broad SMARTS) is 1. The van der Waals surface area contributed by atoms with Gasteiger partial charge in [-0.2, -0.15) is 0 Å². The number of carboxylic acids is 1. The van der Waals surface area contributed by atoms with Crippen molar-refractivity contribution in [1.29, 1.82) is 0 Å². The van der Waals surface area contributed by atoms with E-state index in [4.69, 9.17) is 4.74 Å². The Hall–Kier alpha value is -1.25. The zero-order valence-corrected chi connectivity index (χ0v) is 15.3. The van der Waals surface area contributed by atoms with Gasteiger partial charge >= 0.3 is 5.97 Å². The standard InChI is InChI=1S/C14H6Br3FO4/c15-7-4-8(12(17)9(16)5-7)14(21)22-11-2-1-6(13(19)20)3-10(11)18/h1-5H,(H,19,20)/p-1. The molecule has 114 valence electrons. The minimum atomic E-state index is -1.52. The lowest BCUT2D eigenvalue weighted by Crippen LogP contribution is -2.22. The predicted octanol–water partition coefficient (Wildman–Crippen LogP) is 3.70. The molecule has 0 bridgehead atoms. The summed E-state index contributed by atoms with van der Waals surface area (Å²) in [5, 5.41) is 10.6. The topological polar surface area (TPSA) is 66.4 Å². The molecule has 2 rings (SSSR count). The predicted molar refractivity (Wildman–Crippen MR) is 85.2 cm³/mol. The fourth-order valence-corrected chi connectivity index (χ4v) is 3.19. The third kappa shape index (κ3) is 3.74. The van der Waals surface area contributed by atoms with Crippen molar-refractivity contribution >= 4 is 59.7 Å². The summed E-state index contributed by atoms with van der Waals surface area (Å²) in [4.78, 5) is 22.7. The Balaban J connectivity index is 2.32. The lowest BCUT2D eigenvalue weighted by Gasteiger charge is -2.10. The van der Waals surface area contributed by atoms with E-state index in [1.807, 2.05) is 0 Å². The van der Waals surface area contributed by atoms with Gasteiger partial charge in [0.1, 0.15) is 0 Å². The molecule has 0 saturated carbocycles. The van der Waals surface area contributed by atoms with Crippen molar-refractivity contribution in [1.82, 2.24) is 0 Å². The minimum Gasteiger partial charge on any atom is -0.545 e. The molecule has 0 aliphatic heterocycles. The van der Waals surface area contributed by atoms with Crippen LogP contribution in [-0.2, 0) is 0 Å². The summed E-state index contributed by atoms with van der Waals surface area (Å²) in [6, 6.07) is 6.09. The highest BCUT2D eigenvalue weighted by atomic mass is 79.9. The molecule has 0 fully saturated rings. The lowest BCUT2D eigenvalue weighted by atomic mass is 10.2. The average molecular weight is 496 g/mol. The number of rotatable bonds is 3. The van der Waals surface area contributed by atoms with Gasteiger partial charge in [-0.05, 0) is 62.2 Å². The van der Waals surface area contributed by atoms with Gasteiger partial charge in [-0.1, -0.05) is 15.9 Å². The highest BCUT2D eigenvalue weighted by molar-refractivity contribution is 9.13. The van der Waals surface area contributed by atoms with Crippen molar-refractivity contribution < 1.29 is 23.8 Å². The normalized spacial score (nSPS) is 10.4. The van der Waals surface area contributed by atoms with Crippen LogP contribution in [0.1, 0.15) is 20.7 Å². The van der Waals surface area contributed by atoms with Crippen LogP contribution in [-0.4, -0.2) is 11.9 Å². The molecular formula is C14H5Br3FO4-. The Labute approximate surface area is 149 Å². The highest BCUT2D eigenvalue weighted by Gasteiger charge is 2.18. The van der Waals surface area contributed by atoms with Gasteiger partial charge in [-0.15, -0.1) is 0 Å². The quantitative estimate of drug-likeness (QED) is 0.370. The molecule has 0 saturated heterocycles. The van der Waals surface area contributed by atoms with Crippen molar-refractivity contribution in [2.45, 2.75) is 0 Å². The molecule has 0 heterocycles. The molecule has 0 amide bonds. The molecule has 0 aromatic heterocycles. The molecular weight excluding hydrogens is 491 g/mol. The number of hydrogen-bond acceptors (Lipinski definition) is 4. The monoisotopic (exact) mass is 493 g/mol. The van der Waals surface area contributed by atoms with Crippen LogP contribution < -0.4 is 9.84 Å². The van der Waals surface area contributed by atoms with Crippen LogP contribution in [0.25, 0.3) is 0 Å².